The van der Waals surface area contributed by atoms with Crippen molar-refractivity contribution < 1.29 is 27.5 Å². The van der Waals surface area contributed by atoms with E-state index < -0.39 is 30.0 Å². The highest BCUT2D eigenvalue weighted by Gasteiger charge is 2.32. The van der Waals surface area contributed by atoms with Crippen LogP contribution in [0.25, 0.3) is 0 Å². The van der Waals surface area contributed by atoms with Gasteiger partial charge in [0.2, 0.25) is 5.91 Å². The van der Waals surface area contributed by atoms with E-state index in [9.17, 15) is 22.8 Å². The van der Waals surface area contributed by atoms with Gasteiger partial charge in [-0.3, -0.25) is 9.59 Å². The number of hydrogen-bond acceptors (Lipinski definition) is 3. The summed E-state index contributed by atoms with van der Waals surface area (Å²) in [5.41, 5.74) is 1.22. The Labute approximate surface area is 167 Å². The van der Waals surface area contributed by atoms with Crippen molar-refractivity contribution in [1.29, 1.82) is 0 Å². The molecular weight excluding hydrogens is 385 g/mol. The van der Waals surface area contributed by atoms with Crippen LogP contribution in [0.15, 0.2) is 48.5 Å². The van der Waals surface area contributed by atoms with Gasteiger partial charge in [-0.2, -0.15) is 0 Å². The lowest BCUT2D eigenvalue weighted by atomic mass is 9.86. The average molecular weight is 408 g/mol. The summed E-state index contributed by atoms with van der Waals surface area (Å²) in [6, 6.07) is 11.2. The van der Waals surface area contributed by atoms with E-state index in [0.717, 1.165) is 11.6 Å². The van der Waals surface area contributed by atoms with Crippen molar-refractivity contribution in [2.75, 3.05) is 5.32 Å². The van der Waals surface area contributed by atoms with E-state index in [-0.39, 0.29) is 11.1 Å². The van der Waals surface area contributed by atoms with Crippen molar-refractivity contribution in [3.8, 4) is 5.75 Å². The quantitative estimate of drug-likeness (QED) is 0.758. The molecule has 2 N–H and O–H groups in total. The van der Waals surface area contributed by atoms with Crippen molar-refractivity contribution in [3.05, 3.63) is 59.7 Å². The first-order valence-electron chi connectivity index (χ1n) is 8.94. The lowest BCUT2D eigenvalue weighted by molar-refractivity contribution is -0.274. The lowest BCUT2D eigenvalue weighted by Gasteiger charge is -2.19. The lowest BCUT2D eigenvalue weighted by Crippen LogP contribution is -2.41. The summed E-state index contributed by atoms with van der Waals surface area (Å²) in [7, 11) is 0. The molecule has 1 unspecified atom stereocenters. The highest BCUT2D eigenvalue weighted by molar-refractivity contribution is 6.01. The van der Waals surface area contributed by atoms with Gasteiger partial charge in [0.1, 0.15) is 6.04 Å². The van der Waals surface area contributed by atoms with Gasteiger partial charge < -0.3 is 15.4 Å². The van der Waals surface area contributed by atoms with E-state index in [0.29, 0.717) is 5.56 Å². The second-order valence-corrected chi connectivity index (χ2v) is 7.56. The Balaban J connectivity index is 2.03. The molecule has 156 valence electrons. The first-order valence-corrected chi connectivity index (χ1v) is 8.94. The number of alkyl halides is 3. The second-order valence-electron chi connectivity index (χ2n) is 7.56. The fourth-order valence-electron chi connectivity index (χ4n) is 2.49. The number of carbonyl (C=O) groups is 2. The minimum absolute atomic E-state index is 0.0614. The third-order valence-electron chi connectivity index (χ3n) is 4.12. The number of halogens is 3. The van der Waals surface area contributed by atoms with Crippen molar-refractivity contribution in [3.63, 3.8) is 0 Å². The number of anilines is 1. The van der Waals surface area contributed by atoms with Crippen molar-refractivity contribution in [2.45, 2.75) is 45.5 Å². The molecule has 8 heteroatoms. The number of amides is 2. The van der Waals surface area contributed by atoms with Crippen molar-refractivity contribution in [2.24, 2.45) is 0 Å². The molecule has 0 aromatic heterocycles. The zero-order valence-electron chi connectivity index (χ0n) is 16.6. The molecule has 0 heterocycles. The standard InChI is InChI=1S/C21H23F3N2O3/c1-13(25-19(28)14-9-11-15(12-10-14)20(2,3)4)18(27)26-16-7-5-6-8-17(16)29-21(22,23)24/h5-13H,1-4H3,(H,25,28)(H,26,27). The summed E-state index contributed by atoms with van der Waals surface area (Å²) in [4.78, 5) is 24.7. The number of benzene rings is 2. The fraction of sp³-hybridized carbons (Fsp3) is 0.333. The summed E-state index contributed by atoms with van der Waals surface area (Å²) in [5.74, 6) is -1.68. The van der Waals surface area contributed by atoms with Crippen molar-refractivity contribution in [1.82, 2.24) is 5.32 Å². The van der Waals surface area contributed by atoms with E-state index in [1.807, 2.05) is 12.1 Å². The van der Waals surface area contributed by atoms with E-state index >= 15 is 0 Å². The number of hydrogen-bond donors (Lipinski definition) is 2. The Morgan fingerprint density at radius 2 is 1.55 bits per heavy atom. The molecule has 0 aliphatic carbocycles. The molecule has 1 atom stereocenters. The van der Waals surface area contributed by atoms with Crippen LogP contribution >= 0.6 is 0 Å². The molecule has 0 saturated heterocycles. The molecule has 0 saturated carbocycles. The molecule has 2 aromatic carbocycles. The molecule has 2 aromatic rings. The van der Waals surface area contributed by atoms with Crippen LogP contribution in [0.1, 0.15) is 43.6 Å². The molecule has 5 nitrogen and oxygen atoms in total. The topological polar surface area (TPSA) is 67.4 Å². The molecule has 2 rings (SSSR count). The molecule has 29 heavy (non-hydrogen) atoms. The van der Waals surface area contributed by atoms with Gasteiger partial charge >= 0.3 is 6.36 Å². The minimum Gasteiger partial charge on any atom is -0.404 e. The summed E-state index contributed by atoms with van der Waals surface area (Å²) in [6.07, 6.45) is -4.89. The zero-order valence-corrected chi connectivity index (χ0v) is 16.6. The predicted molar refractivity (Wildman–Crippen MR) is 104 cm³/mol. The molecule has 0 aliphatic heterocycles. The maximum atomic E-state index is 12.5. The van der Waals surface area contributed by atoms with Crippen LogP contribution in [-0.4, -0.2) is 24.2 Å². The Kier molecular flexibility index (Phi) is 6.56. The van der Waals surface area contributed by atoms with Crippen LogP contribution in [-0.2, 0) is 10.2 Å². The Morgan fingerprint density at radius 1 is 0.966 bits per heavy atom. The number of nitrogens with one attached hydrogen (secondary N) is 2. The van der Waals surface area contributed by atoms with E-state index in [4.69, 9.17) is 0 Å². The first-order chi connectivity index (χ1) is 13.4. The number of rotatable bonds is 5. The molecule has 0 radical (unpaired) electrons. The van der Waals surface area contributed by atoms with Gasteiger partial charge in [-0.05, 0) is 42.2 Å². The van der Waals surface area contributed by atoms with Crippen LogP contribution in [0.5, 0.6) is 5.75 Å². The summed E-state index contributed by atoms with van der Waals surface area (Å²) in [5, 5.41) is 4.87. The number of ether oxygens (including phenoxy) is 1. The van der Waals surface area contributed by atoms with Gasteiger partial charge in [-0.25, -0.2) is 0 Å². The van der Waals surface area contributed by atoms with Gasteiger partial charge in [-0.1, -0.05) is 45.0 Å². The fourth-order valence-corrected chi connectivity index (χ4v) is 2.49. The normalized spacial score (nSPS) is 12.8. The maximum absolute atomic E-state index is 12.5. The van der Waals surface area contributed by atoms with Crippen LogP contribution < -0.4 is 15.4 Å². The van der Waals surface area contributed by atoms with Gasteiger partial charge in [0, 0.05) is 5.56 Å². The largest absolute Gasteiger partial charge is 0.573 e. The van der Waals surface area contributed by atoms with Gasteiger partial charge in [-0.15, -0.1) is 13.2 Å². The number of carbonyl (C=O) groups excluding carboxylic acids is 2. The smallest absolute Gasteiger partial charge is 0.404 e. The highest BCUT2D eigenvalue weighted by Crippen LogP contribution is 2.30. The van der Waals surface area contributed by atoms with E-state index in [1.165, 1.54) is 25.1 Å². The minimum atomic E-state index is -4.89. The SMILES string of the molecule is CC(NC(=O)c1ccc(C(C)(C)C)cc1)C(=O)Nc1ccccc1OC(F)(F)F. The molecule has 0 aliphatic rings. The van der Waals surface area contributed by atoms with Crippen molar-refractivity contribution >= 4 is 17.5 Å². The highest BCUT2D eigenvalue weighted by atomic mass is 19.4. The average Bonchev–Trinajstić information content (AvgIpc) is 2.61. The monoisotopic (exact) mass is 408 g/mol. The van der Waals surface area contributed by atoms with E-state index in [1.54, 1.807) is 12.1 Å². The van der Waals surface area contributed by atoms with Crippen LogP contribution in [0.2, 0.25) is 0 Å². The Morgan fingerprint density at radius 3 is 2.10 bits per heavy atom. The maximum Gasteiger partial charge on any atom is 0.573 e. The molecule has 0 fully saturated rings. The van der Waals surface area contributed by atoms with Gasteiger partial charge in [0.05, 0.1) is 5.69 Å². The van der Waals surface area contributed by atoms with Crippen LogP contribution in [0.4, 0.5) is 18.9 Å². The zero-order chi connectivity index (χ0) is 21.8. The second kappa shape index (κ2) is 8.55. The van der Waals surface area contributed by atoms with E-state index in [2.05, 4.69) is 36.1 Å². The first kappa shape index (κ1) is 22.3. The number of para-hydroxylation sites is 2. The van der Waals surface area contributed by atoms with Gasteiger partial charge in [0.25, 0.3) is 5.91 Å². The third-order valence-corrected chi connectivity index (χ3v) is 4.12. The Hall–Kier alpha value is -3.03. The van der Waals surface area contributed by atoms with Crippen LogP contribution in [0.3, 0.4) is 0 Å². The summed E-state index contributed by atoms with van der Waals surface area (Å²) >= 11 is 0. The van der Waals surface area contributed by atoms with Gasteiger partial charge in [0.15, 0.2) is 5.75 Å². The molecule has 2 amide bonds. The Bertz CT molecular complexity index is 872. The molecular formula is C21H23F3N2O3. The summed E-state index contributed by atoms with van der Waals surface area (Å²) in [6.45, 7) is 7.59. The predicted octanol–water partition coefficient (Wildman–Crippen LogP) is 4.64. The molecule has 0 spiro atoms. The molecule has 0 bridgehead atoms. The third kappa shape index (κ3) is 6.51. The summed E-state index contributed by atoms with van der Waals surface area (Å²) < 4.78 is 41.4. The van der Waals surface area contributed by atoms with Crippen LogP contribution in [0, 0.1) is 0 Å².